The minimum absolute atomic E-state index is 0.296. The molecule has 0 unspecified atom stereocenters. The highest BCUT2D eigenvalue weighted by Gasteiger charge is 2.04. The number of allylic oxidation sites excluding steroid dienone is 1. The summed E-state index contributed by atoms with van der Waals surface area (Å²) < 4.78 is 0. The summed E-state index contributed by atoms with van der Waals surface area (Å²) in [6.45, 7) is 13.1. The lowest BCUT2D eigenvalue weighted by molar-refractivity contribution is -0.133. The Hall–Kier alpha value is -1.58. The molecular formula is C15H26O4. The van der Waals surface area contributed by atoms with Gasteiger partial charge in [-0.3, -0.25) is 0 Å². The molecule has 0 atom stereocenters. The van der Waals surface area contributed by atoms with E-state index in [0.717, 1.165) is 6.42 Å². The Balaban J connectivity index is 0. The quantitative estimate of drug-likeness (QED) is 0.721. The van der Waals surface area contributed by atoms with Crippen molar-refractivity contribution in [1.29, 1.82) is 0 Å². The molecule has 0 aliphatic rings. The van der Waals surface area contributed by atoms with Gasteiger partial charge in [-0.15, -0.1) is 0 Å². The SMILES string of the molecule is C=C(CC(C)C)C(=O)O.CC(=CCC(C)C)C(=O)O. The van der Waals surface area contributed by atoms with Gasteiger partial charge in [-0.25, -0.2) is 9.59 Å². The summed E-state index contributed by atoms with van der Waals surface area (Å²) in [4.78, 5) is 20.4. The molecule has 0 radical (unpaired) electrons. The number of hydrogen-bond donors (Lipinski definition) is 2. The molecule has 4 nitrogen and oxygen atoms in total. The zero-order chi connectivity index (χ0) is 15.6. The number of aliphatic carboxylic acids is 2. The molecule has 0 aliphatic carbocycles. The predicted molar refractivity (Wildman–Crippen MR) is 77.1 cm³/mol. The van der Waals surface area contributed by atoms with Crippen molar-refractivity contribution in [3.63, 3.8) is 0 Å². The molecule has 0 saturated heterocycles. The van der Waals surface area contributed by atoms with Gasteiger partial charge in [0.1, 0.15) is 0 Å². The van der Waals surface area contributed by atoms with Crippen LogP contribution in [0.25, 0.3) is 0 Å². The molecule has 0 spiro atoms. The molecule has 0 rings (SSSR count). The van der Waals surface area contributed by atoms with Gasteiger partial charge < -0.3 is 10.2 Å². The van der Waals surface area contributed by atoms with Crippen molar-refractivity contribution in [3.05, 3.63) is 23.8 Å². The fraction of sp³-hybridized carbons (Fsp3) is 0.600. The Morgan fingerprint density at radius 1 is 1.05 bits per heavy atom. The molecule has 0 aromatic carbocycles. The summed E-state index contributed by atoms with van der Waals surface area (Å²) >= 11 is 0. The number of carboxylic acids is 2. The van der Waals surface area contributed by atoms with Crippen LogP contribution in [0.4, 0.5) is 0 Å². The largest absolute Gasteiger partial charge is 0.478 e. The highest BCUT2D eigenvalue weighted by molar-refractivity contribution is 5.86. The second-order valence-corrected chi connectivity index (χ2v) is 5.33. The number of carboxylic acid groups (broad SMARTS) is 2. The maximum atomic E-state index is 10.2. The van der Waals surface area contributed by atoms with E-state index in [2.05, 4.69) is 20.4 Å². The molecule has 0 aromatic heterocycles. The molecular weight excluding hydrogens is 244 g/mol. The van der Waals surface area contributed by atoms with Gasteiger partial charge in [-0.2, -0.15) is 0 Å². The standard InChI is InChI=1S/C8H14O2.C7H12O2/c1-6(2)4-5-7(3)8(9)10;1-5(2)4-6(3)7(8)9/h5-6H,4H2,1-3H3,(H,9,10);5H,3-4H2,1-2H3,(H,8,9). The van der Waals surface area contributed by atoms with E-state index in [0.29, 0.717) is 29.4 Å². The van der Waals surface area contributed by atoms with Gasteiger partial charge in [-0.05, 0) is 31.6 Å². The fourth-order valence-electron chi connectivity index (χ4n) is 1.08. The van der Waals surface area contributed by atoms with Gasteiger partial charge in [0.15, 0.2) is 0 Å². The van der Waals surface area contributed by atoms with Crippen LogP contribution in [0.1, 0.15) is 47.5 Å². The van der Waals surface area contributed by atoms with Gasteiger partial charge >= 0.3 is 11.9 Å². The van der Waals surface area contributed by atoms with Crippen LogP contribution >= 0.6 is 0 Å². The molecule has 2 N–H and O–H groups in total. The van der Waals surface area contributed by atoms with E-state index >= 15 is 0 Å². The third kappa shape index (κ3) is 14.4. The Kier molecular flexibility index (Phi) is 10.8. The maximum absolute atomic E-state index is 10.2. The second-order valence-electron chi connectivity index (χ2n) is 5.33. The van der Waals surface area contributed by atoms with E-state index in [-0.39, 0.29) is 0 Å². The summed E-state index contributed by atoms with van der Waals surface area (Å²) in [5.41, 5.74) is 0.735. The smallest absolute Gasteiger partial charge is 0.330 e. The minimum Gasteiger partial charge on any atom is -0.478 e. The molecule has 4 heteroatoms. The summed E-state index contributed by atoms with van der Waals surface area (Å²) in [6.07, 6.45) is 3.18. The molecule has 0 aromatic rings. The molecule has 0 aliphatic heterocycles. The van der Waals surface area contributed by atoms with Crippen molar-refractivity contribution in [2.45, 2.75) is 47.5 Å². The van der Waals surface area contributed by atoms with Crippen LogP contribution in [-0.4, -0.2) is 22.2 Å². The van der Waals surface area contributed by atoms with Crippen molar-refractivity contribution in [3.8, 4) is 0 Å². The van der Waals surface area contributed by atoms with Gasteiger partial charge in [0.2, 0.25) is 0 Å². The van der Waals surface area contributed by atoms with Crippen molar-refractivity contribution >= 4 is 11.9 Å². The van der Waals surface area contributed by atoms with Crippen LogP contribution in [0.15, 0.2) is 23.8 Å². The van der Waals surface area contributed by atoms with E-state index < -0.39 is 11.9 Å². The van der Waals surface area contributed by atoms with Crippen molar-refractivity contribution in [2.75, 3.05) is 0 Å². The van der Waals surface area contributed by atoms with E-state index in [1.54, 1.807) is 13.0 Å². The number of carbonyl (C=O) groups is 2. The number of rotatable bonds is 6. The van der Waals surface area contributed by atoms with Crippen LogP contribution in [0, 0.1) is 11.8 Å². The Labute approximate surface area is 115 Å². The van der Waals surface area contributed by atoms with Gasteiger partial charge in [-0.1, -0.05) is 40.3 Å². The Bertz CT molecular complexity index is 338. The molecule has 0 bridgehead atoms. The van der Waals surface area contributed by atoms with Crippen LogP contribution < -0.4 is 0 Å². The first-order valence-electron chi connectivity index (χ1n) is 6.39. The minimum atomic E-state index is -0.885. The van der Waals surface area contributed by atoms with Crippen LogP contribution in [0.3, 0.4) is 0 Å². The average Bonchev–Trinajstić information content (AvgIpc) is 2.25. The number of hydrogen-bond acceptors (Lipinski definition) is 2. The topological polar surface area (TPSA) is 74.6 Å². The Morgan fingerprint density at radius 3 is 1.74 bits per heavy atom. The van der Waals surface area contributed by atoms with Gasteiger partial charge in [0.05, 0.1) is 0 Å². The summed E-state index contributed by atoms with van der Waals surface area (Å²) in [6, 6.07) is 0. The third-order valence-corrected chi connectivity index (χ3v) is 2.19. The Morgan fingerprint density at radius 2 is 1.53 bits per heavy atom. The molecule has 110 valence electrons. The highest BCUT2D eigenvalue weighted by atomic mass is 16.4. The molecule has 0 fully saturated rings. The van der Waals surface area contributed by atoms with Crippen LogP contribution in [0.2, 0.25) is 0 Å². The third-order valence-electron chi connectivity index (χ3n) is 2.19. The maximum Gasteiger partial charge on any atom is 0.330 e. The van der Waals surface area contributed by atoms with Crippen LogP contribution in [-0.2, 0) is 9.59 Å². The molecule has 0 saturated carbocycles. The average molecular weight is 270 g/mol. The summed E-state index contributed by atoms with van der Waals surface area (Å²) in [7, 11) is 0. The van der Waals surface area contributed by atoms with Crippen LogP contribution in [0.5, 0.6) is 0 Å². The zero-order valence-electron chi connectivity index (χ0n) is 12.6. The van der Waals surface area contributed by atoms with Gasteiger partial charge in [0.25, 0.3) is 0 Å². The molecule has 0 amide bonds. The first kappa shape index (κ1) is 19.8. The summed E-state index contributed by atoms with van der Waals surface area (Å²) in [5.74, 6) is -0.785. The second kappa shape index (κ2) is 10.4. The van der Waals surface area contributed by atoms with E-state index in [1.807, 2.05) is 13.8 Å². The van der Waals surface area contributed by atoms with E-state index in [4.69, 9.17) is 10.2 Å². The lowest BCUT2D eigenvalue weighted by atomic mass is 10.1. The van der Waals surface area contributed by atoms with Crippen molar-refractivity contribution in [1.82, 2.24) is 0 Å². The normalized spacial score (nSPS) is 11.0. The van der Waals surface area contributed by atoms with Crippen molar-refractivity contribution in [2.24, 2.45) is 11.8 Å². The predicted octanol–water partition coefficient (Wildman–Crippen LogP) is 3.74. The molecule has 0 heterocycles. The van der Waals surface area contributed by atoms with E-state index in [1.165, 1.54) is 0 Å². The molecule has 19 heavy (non-hydrogen) atoms. The summed E-state index contributed by atoms with van der Waals surface area (Å²) in [5, 5.41) is 16.8. The first-order chi connectivity index (χ1) is 8.57. The van der Waals surface area contributed by atoms with E-state index in [9.17, 15) is 9.59 Å². The van der Waals surface area contributed by atoms with Crippen molar-refractivity contribution < 1.29 is 19.8 Å². The lowest BCUT2D eigenvalue weighted by Gasteiger charge is -2.01. The monoisotopic (exact) mass is 270 g/mol. The first-order valence-corrected chi connectivity index (χ1v) is 6.39. The van der Waals surface area contributed by atoms with Gasteiger partial charge in [0, 0.05) is 11.1 Å². The zero-order valence-corrected chi connectivity index (χ0v) is 12.6. The fourth-order valence-corrected chi connectivity index (χ4v) is 1.08. The lowest BCUT2D eigenvalue weighted by Crippen LogP contribution is -2.01. The highest BCUT2D eigenvalue weighted by Crippen LogP contribution is 2.07.